The van der Waals surface area contributed by atoms with Crippen molar-refractivity contribution in [2.45, 2.75) is 6.92 Å². The number of anilines is 4. The molecule has 0 spiro atoms. The van der Waals surface area contributed by atoms with E-state index in [1.165, 1.54) is 11.3 Å². The zero-order valence-corrected chi connectivity index (χ0v) is 14.2. The zero-order chi connectivity index (χ0) is 16.5. The highest BCUT2D eigenvalue weighted by Gasteiger charge is 2.21. The fourth-order valence-electron chi connectivity index (χ4n) is 2.74. The van der Waals surface area contributed by atoms with Gasteiger partial charge in [0.1, 0.15) is 0 Å². The van der Waals surface area contributed by atoms with Gasteiger partial charge in [-0.15, -0.1) is 10.2 Å². The van der Waals surface area contributed by atoms with Crippen molar-refractivity contribution >= 4 is 44.0 Å². The lowest BCUT2D eigenvalue weighted by molar-refractivity contribution is 0.123. The number of nitrogens with one attached hydrogen (secondary N) is 2. The van der Waals surface area contributed by atoms with Crippen LogP contribution in [-0.4, -0.2) is 53.9 Å². The first-order valence-corrected chi connectivity index (χ1v) is 8.45. The number of morpholine rings is 1. The number of aromatic nitrogens is 4. The molecule has 0 aliphatic carbocycles. The van der Waals surface area contributed by atoms with Crippen molar-refractivity contribution in [1.82, 2.24) is 20.5 Å². The minimum Gasteiger partial charge on any atom is -0.378 e. The number of nitrogens with zero attached hydrogens (tertiary/aromatic N) is 5. The molecule has 4 rings (SSSR count). The zero-order valence-electron chi connectivity index (χ0n) is 13.4. The summed E-state index contributed by atoms with van der Waals surface area (Å²) < 4.78 is 10.4. The summed E-state index contributed by atoms with van der Waals surface area (Å²) in [5, 5.41) is 24.0. The van der Waals surface area contributed by atoms with Crippen LogP contribution in [0, 0.1) is 6.92 Å². The Morgan fingerprint density at radius 1 is 1.12 bits per heavy atom. The summed E-state index contributed by atoms with van der Waals surface area (Å²) in [5.74, 6) is 0. The van der Waals surface area contributed by atoms with Crippen molar-refractivity contribution < 1.29 is 9.37 Å². The monoisotopic (exact) mass is 347 g/mol. The first kappa shape index (κ1) is 15.1. The van der Waals surface area contributed by atoms with E-state index in [1.807, 2.05) is 14.0 Å². The molecule has 9 nitrogen and oxygen atoms in total. The maximum absolute atomic E-state index is 5.43. The lowest BCUT2D eigenvalue weighted by atomic mass is 10.1. The third kappa shape index (κ3) is 2.63. The molecule has 1 aliphatic heterocycles. The van der Waals surface area contributed by atoms with Crippen LogP contribution in [0.5, 0.6) is 0 Å². The summed E-state index contributed by atoms with van der Waals surface area (Å²) in [6, 6.07) is 2.10. The maximum atomic E-state index is 5.43. The van der Waals surface area contributed by atoms with E-state index in [0.717, 1.165) is 40.7 Å². The van der Waals surface area contributed by atoms with E-state index < -0.39 is 0 Å². The molecule has 2 aromatic heterocycles. The number of aryl methyl sites for hydroxylation is 1. The molecule has 24 heavy (non-hydrogen) atoms. The lowest BCUT2D eigenvalue weighted by Gasteiger charge is -2.29. The van der Waals surface area contributed by atoms with Gasteiger partial charge in [0.25, 0.3) is 0 Å². The predicted molar refractivity (Wildman–Crippen MR) is 92.3 cm³/mol. The van der Waals surface area contributed by atoms with Crippen LogP contribution in [0.2, 0.25) is 0 Å². The molecule has 0 amide bonds. The van der Waals surface area contributed by atoms with Gasteiger partial charge in [0.05, 0.1) is 24.6 Å². The average Bonchev–Trinajstić information content (AvgIpc) is 3.27. The van der Waals surface area contributed by atoms with Crippen molar-refractivity contribution in [3.8, 4) is 0 Å². The van der Waals surface area contributed by atoms with E-state index in [2.05, 4.69) is 42.1 Å². The summed E-state index contributed by atoms with van der Waals surface area (Å²) in [4.78, 5) is 2.25. The van der Waals surface area contributed by atoms with Crippen LogP contribution < -0.4 is 15.5 Å². The van der Waals surface area contributed by atoms with Crippen molar-refractivity contribution in [2.75, 3.05) is 48.9 Å². The Hall–Kier alpha value is -2.46. The number of benzene rings is 1. The fraction of sp³-hybridized carbons (Fsp3) is 0.429. The van der Waals surface area contributed by atoms with Crippen molar-refractivity contribution in [1.29, 1.82) is 0 Å². The average molecular weight is 347 g/mol. The first-order valence-electron chi connectivity index (χ1n) is 7.63. The number of fused-ring (bicyclic) bond motifs is 1. The van der Waals surface area contributed by atoms with Crippen LogP contribution in [0.4, 0.5) is 21.6 Å². The van der Waals surface area contributed by atoms with Crippen LogP contribution in [0.3, 0.4) is 0 Å². The Morgan fingerprint density at radius 3 is 2.62 bits per heavy atom. The van der Waals surface area contributed by atoms with Crippen LogP contribution >= 0.6 is 11.3 Å². The fourth-order valence-corrected chi connectivity index (χ4v) is 3.34. The molecule has 126 valence electrons. The van der Waals surface area contributed by atoms with Gasteiger partial charge in [0.15, 0.2) is 11.0 Å². The van der Waals surface area contributed by atoms with Gasteiger partial charge < -0.3 is 20.3 Å². The van der Waals surface area contributed by atoms with Gasteiger partial charge in [0.2, 0.25) is 10.3 Å². The molecule has 0 radical (unpaired) electrons. The quantitative estimate of drug-likeness (QED) is 0.733. The number of hydrogen-bond donors (Lipinski definition) is 2. The summed E-state index contributed by atoms with van der Waals surface area (Å²) >= 11 is 1.43. The topological polar surface area (TPSA) is 101 Å². The highest BCUT2D eigenvalue weighted by atomic mass is 32.1. The second-order valence-corrected chi connectivity index (χ2v) is 6.41. The Labute approximate surface area is 142 Å². The molecule has 1 fully saturated rings. The highest BCUT2D eigenvalue weighted by Crippen LogP contribution is 2.36. The molecule has 3 heterocycles. The third-order valence-corrected chi connectivity index (χ3v) is 4.79. The number of hydrogen-bond acceptors (Lipinski definition) is 10. The Balaban J connectivity index is 1.74. The van der Waals surface area contributed by atoms with Crippen molar-refractivity contribution in [2.24, 2.45) is 0 Å². The maximum Gasteiger partial charge on any atom is 0.211 e. The van der Waals surface area contributed by atoms with Crippen LogP contribution in [0.1, 0.15) is 5.56 Å². The van der Waals surface area contributed by atoms with Crippen molar-refractivity contribution in [3.63, 3.8) is 0 Å². The SMILES string of the molecule is CNc1nnc(Nc2c(C)cc(N3CCOCC3)c3nonc23)s1. The molecule has 0 saturated carbocycles. The largest absolute Gasteiger partial charge is 0.378 e. The molecular formula is C14H17N7O2S. The van der Waals surface area contributed by atoms with E-state index in [9.17, 15) is 0 Å². The smallest absolute Gasteiger partial charge is 0.211 e. The molecule has 10 heteroatoms. The van der Waals surface area contributed by atoms with Crippen molar-refractivity contribution in [3.05, 3.63) is 11.6 Å². The Morgan fingerprint density at radius 2 is 1.88 bits per heavy atom. The minimum absolute atomic E-state index is 0.686. The molecule has 2 N–H and O–H groups in total. The first-order chi connectivity index (χ1) is 11.8. The van der Waals surface area contributed by atoms with Gasteiger partial charge in [-0.2, -0.15) is 0 Å². The lowest BCUT2D eigenvalue weighted by Crippen LogP contribution is -2.36. The summed E-state index contributed by atoms with van der Waals surface area (Å²) in [6.07, 6.45) is 0. The Bertz CT molecular complexity index is 856. The van der Waals surface area contributed by atoms with E-state index >= 15 is 0 Å². The van der Waals surface area contributed by atoms with Crippen LogP contribution in [-0.2, 0) is 4.74 Å². The molecule has 3 aromatic rings. The van der Waals surface area contributed by atoms with Crippen LogP contribution in [0.25, 0.3) is 11.0 Å². The van der Waals surface area contributed by atoms with E-state index in [-0.39, 0.29) is 0 Å². The van der Waals surface area contributed by atoms with Crippen LogP contribution in [0.15, 0.2) is 10.7 Å². The second kappa shape index (κ2) is 6.21. The summed E-state index contributed by atoms with van der Waals surface area (Å²) in [7, 11) is 1.81. The van der Waals surface area contributed by atoms with Gasteiger partial charge in [-0.3, -0.25) is 0 Å². The van der Waals surface area contributed by atoms with E-state index in [4.69, 9.17) is 9.37 Å². The Kier molecular flexibility index (Phi) is 3.90. The molecule has 1 aliphatic rings. The van der Waals surface area contributed by atoms with Gasteiger partial charge in [-0.05, 0) is 28.9 Å². The molecular weight excluding hydrogens is 330 g/mol. The normalized spacial score (nSPS) is 15.0. The highest BCUT2D eigenvalue weighted by molar-refractivity contribution is 7.19. The predicted octanol–water partition coefficient (Wildman–Crippen LogP) is 2.00. The number of rotatable bonds is 4. The minimum atomic E-state index is 0.686. The summed E-state index contributed by atoms with van der Waals surface area (Å²) in [5.41, 5.74) is 4.33. The third-order valence-electron chi connectivity index (χ3n) is 3.94. The molecule has 0 atom stereocenters. The van der Waals surface area contributed by atoms with E-state index in [0.29, 0.717) is 23.9 Å². The molecule has 1 saturated heterocycles. The number of ether oxygens (including phenoxy) is 1. The molecule has 1 aromatic carbocycles. The molecule has 0 bridgehead atoms. The molecule has 0 unspecified atom stereocenters. The van der Waals surface area contributed by atoms with Gasteiger partial charge in [-0.1, -0.05) is 11.3 Å². The van der Waals surface area contributed by atoms with Gasteiger partial charge >= 0.3 is 0 Å². The van der Waals surface area contributed by atoms with Gasteiger partial charge in [-0.25, -0.2) is 4.63 Å². The van der Waals surface area contributed by atoms with E-state index in [1.54, 1.807) is 0 Å². The summed E-state index contributed by atoms with van der Waals surface area (Å²) in [6.45, 7) is 5.11. The van der Waals surface area contributed by atoms with Gasteiger partial charge in [0, 0.05) is 20.1 Å². The standard InChI is InChI=1S/C14H17N7O2S/c1-8-7-9(21-3-5-22-6-4-21)11-12(20-23-19-11)10(8)16-14-18-17-13(15-2)24-14/h7H,3-6H2,1-2H3,(H,15,17)(H,16,18). The second-order valence-electron chi connectivity index (χ2n) is 5.44.